The molecule has 30 heavy (non-hydrogen) atoms. The summed E-state index contributed by atoms with van der Waals surface area (Å²) in [7, 11) is 1.40. The van der Waals surface area contributed by atoms with E-state index < -0.39 is 39.4 Å². The number of likely N-dealkylation sites (tertiary alicyclic amines) is 2. The van der Waals surface area contributed by atoms with Gasteiger partial charge in [0.1, 0.15) is 11.5 Å². The van der Waals surface area contributed by atoms with Gasteiger partial charge in [0.15, 0.2) is 0 Å². The van der Waals surface area contributed by atoms with Gasteiger partial charge in [0.05, 0.1) is 0 Å². The molecule has 3 aliphatic rings. The lowest BCUT2D eigenvalue weighted by Crippen LogP contribution is -2.52. The van der Waals surface area contributed by atoms with E-state index in [0.29, 0.717) is 11.1 Å². The Labute approximate surface area is 179 Å². The van der Waals surface area contributed by atoms with E-state index in [0.717, 1.165) is 16.0 Å². The molecule has 0 saturated carbocycles. The van der Waals surface area contributed by atoms with Gasteiger partial charge in [0.25, 0.3) is 5.91 Å². The van der Waals surface area contributed by atoms with Crippen LogP contribution in [0, 0.1) is 11.3 Å². The summed E-state index contributed by atoms with van der Waals surface area (Å²) in [5.41, 5.74) is -1.68. The van der Waals surface area contributed by atoms with Crippen LogP contribution >= 0.6 is 15.9 Å². The number of halogens is 3. The minimum absolute atomic E-state index is 0.0879. The summed E-state index contributed by atoms with van der Waals surface area (Å²) in [5, 5.41) is 0. The van der Waals surface area contributed by atoms with Gasteiger partial charge < -0.3 is 4.90 Å². The van der Waals surface area contributed by atoms with Gasteiger partial charge in [0.2, 0.25) is 17.2 Å². The van der Waals surface area contributed by atoms with E-state index in [2.05, 4.69) is 15.9 Å². The zero-order chi connectivity index (χ0) is 21.6. The van der Waals surface area contributed by atoms with Crippen LogP contribution < -0.4 is 0 Å². The molecular weight excluding hydrogens is 458 g/mol. The number of alkyl halides is 3. The van der Waals surface area contributed by atoms with Crippen molar-refractivity contribution in [3.05, 3.63) is 59.7 Å². The van der Waals surface area contributed by atoms with Crippen molar-refractivity contribution in [2.75, 3.05) is 13.6 Å². The SMILES string of the molecule is CCN1C(=O)[C@H]2C3(c4ccccc4-c4ccccc43)N(C)C(=O)[C@@]2(C(F)(F)Br)C1=O. The summed E-state index contributed by atoms with van der Waals surface area (Å²) in [6, 6.07) is 14.3. The predicted molar refractivity (Wildman–Crippen MR) is 108 cm³/mol. The standard InChI is InChI=1S/C22H17BrF2N2O3/c1-3-27-17(28)16-20(19(27)30,22(23,24)25)18(29)26(2)21(16)14-10-6-4-8-12(14)13-9-5-7-11-15(13)21/h4-11,16H,3H2,1-2H3/t16-,20-/m1/s1. The van der Waals surface area contributed by atoms with Gasteiger partial charge in [-0.3, -0.25) is 19.3 Å². The monoisotopic (exact) mass is 474 g/mol. The molecule has 2 aromatic carbocycles. The number of benzene rings is 2. The van der Waals surface area contributed by atoms with Gasteiger partial charge in [-0.15, -0.1) is 0 Å². The molecule has 0 N–H and O–H groups in total. The Kier molecular flexibility index (Phi) is 3.71. The van der Waals surface area contributed by atoms with Gasteiger partial charge in [0, 0.05) is 13.6 Å². The molecule has 0 unspecified atom stereocenters. The van der Waals surface area contributed by atoms with Crippen LogP contribution in [0.1, 0.15) is 18.1 Å². The third-order valence-electron chi connectivity index (χ3n) is 6.85. The number of nitrogens with zero attached hydrogens (tertiary/aromatic N) is 2. The molecule has 2 aromatic rings. The molecule has 5 nitrogen and oxygen atoms in total. The second kappa shape index (κ2) is 5.75. The van der Waals surface area contributed by atoms with Crippen LogP contribution in [0.15, 0.2) is 48.5 Å². The first-order chi connectivity index (χ1) is 14.2. The van der Waals surface area contributed by atoms with Gasteiger partial charge in [-0.25, -0.2) is 0 Å². The molecule has 0 bridgehead atoms. The van der Waals surface area contributed by atoms with E-state index >= 15 is 8.78 Å². The second-order valence-corrected chi connectivity index (χ2v) is 8.84. The zero-order valence-electron chi connectivity index (χ0n) is 16.2. The van der Waals surface area contributed by atoms with Crippen molar-refractivity contribution in [2.45, 2.75) is 17.3 Å². The molecule has 2 saturated heterocycles. The van der Waals surface area contributed by atoms with Crippen LogP contribution in [-0.4, -0.2) is 45.9 Å². The van der Waals surface area contributed by atoms with E-state index in [1.54, 1.807) is 24.3 Å². The maximum absolute atomic E-state index is 15.2. The van der Waals surface area contributed by atoms with E-state index in [9.17, 15) is 14.4 Å². The van der Waals surface area contributed by atoms with Crippen molar-refractivity contribution in [1.29, 1.82) is 0 Å². The fourth-order valence-corrected chi connectivity index (χ4v) is 6.29. The normalized spacial score (nSPS) is 26.4. The Balaban J connectivity index is 1.95. The first-order valence-electron chi connectivity index (χ1n) is 9.57. The highest BCUT2D eigenvalue weighted by Crippen LogP contribution is 2.69. The molecule has 1 aliphatic carbocycles. The number of rotatable bonds is 2. The summed E-state index contributed by atoms with van der Waals surface area (Å²) in [4.78, 5) is 38.4. The van der Waals surface area contributed by atoms with Crippen LogP contribution in [-0.2, 0) is 19.9 Å². The summed E-state index contributed by atoms with van der Waals surface area (Å²) in [5.74, 6) is -4.58. The Bertz CT molecular complexity index is 1100. The smallest absolute Gasteiger partial charge is 0.325 e. The van der Waals surface area contributed by atoms with E-state index in [1.807, 2.05) is 24.3 Å². The molecule has 1 spiro atoms. The lowest BCUT2D eigenvalue weighted by molar-refractivity contribution is -0.160. The second-order valence-electron chi connectivity index (χ2n) is 7.85. The lowest BCUT2D eigenvalue weighted by Gasteiger charge is -2.38. The molecular formula is C22H17BrF2N2O3. The lowest BCUT2D eigenvalue weighted by atomic mass is 9.67. The molecule has 2 fully saturated rings. The van der Waals surface area contributed by atoms with Crippen LogP contribution in [0.2, 0.25) is 0 Å². The quantitative estimate of drug-likeness (QED) is 0.381. The molecule has 154 valence electrons. The summed E-state index contributed by atoms with van der Waals surface area (Å²) in [6.07, 6.45) is 0. The van der Waals surface area contributed by atoms with Gasteiger partial charge in [-0.05, 0) is 45.1 Å². The first-order valence-corrected chi connectivity index (χ1v) is 10.4. The molecule has 8 heteroatoms. The van der Waals surface area contributed by atoms with E-state index in [-0.39, 0.29) is 6.54 Å². The van der Waals surface area contributed by atoms with E-state index in [4.69, 9.17) is 0 Å². The zero-order valence-corrected chi connectivity index (χ0v) is 17.7. The summed E-state index contributed by atoms with van der Waals surface area (Å²) in [6.45, 7) is 1.45. The molecule has 0 radical (unpaired) electrons. The van der Waals surface area contributed by atoms with Crippen molar-refractivity contribution in [1.82, 2.24) is 9.80 Å². The maximum Gasteiger partial charge on any atom is 0.325 e. The number of imide groups is 1. The fourth-order valence-electron chi connectivity index (χ4n) is 5.73. The molecule has 2 aliphatic heterocycles. The van der Waals surface area contributed by atoms with Gasteiger partial charge in [-0.1, -0.05) is 48.5 Å². The number of fused-ring (bicyclic) bond motifs is 7. The predicted octanol–water partition coefficient (Wildman–Crippen LogP) is 3.36. The third-order valence-corrected chi connectivity index (χ3v) is 7.47. The number of hydrogen-bond donors (Lipinski definition) is 0. The van der Waals surface area contributed by atoms with E-state index in [1.165, 1.54) is 18.9 Å². The van der Waals surface area contributed by atoms with Crippen LogP contribution in [0.4, 0.5) is 8.78 Å². The summed E-state index contributed by atoms with van der Waals surface area (Å²) >= 11 is 2.33. The van der Waals surface area contributed by atoms with Crippen molar-refractivity contribution in [3.63, 3.8) is 0 Å². The number of carbonyl (C=O) groups is 3. The number of carbonyl (C=O) groups excluding carboxylic acids is 3. The van der Waals surface area contributed by atoms with Gasteiger partial charge in [-0.2, -0.15) is 8.78 Å². The van der Waals surface area contributed by atoms with Crippen LogP contribution in [0.25, 0.3) is 11.1 Å². The van der Waals surface area contributed by atoms with Crippen molar-refractivity contribution in [2.24, 2.45) is 11.3 Å². The Morgan fingerprint density at radius 1 is 0.967 bits per heavy atom. The molecule has 3 amide bonds. The molecule has 2 atom stereocenters. The number of hydrogen-bond acceptors (Lipinski definition) is 3. The molecule has 0 aromatic heterocycles. The summed E-state index contributed by atoms with van der Waals surface area (Å²) < 4.78 is 30.4. The van der Waals surface area contributed by atoms with Crippen molar-refractivity contribution >= 4 is 33.7 Å². The highest BCUT2D eigenvalue weighted by atomic mass is 79.9. The minimum atomic E-state index is -3.91. The third kappa shape index (κ3) is 1.77. The van der Waals surface area contributed by atoms with Crippen LogP contribution in [0.3, 0.4) is 0 Å². The first kappa shape index (κ1) is 19.4. The number of amides is 3. The Hall–Kier alpha value is -2.61. The largest absolute Gasteiger partial charge is 0.330 e. The maximum atomic E-state index is 15.2. The fraction of sp³-hybridized carbons (Fsp3) is 0.318. The Morgan fingerprint density at radius 3 is 1.93 bits per heavy atom. The highest BCUT2D eigenvalue weighted by molar-refractivity contribution is 9.10. The molecule has 5 rings (SSSR count). The Morgan fingerprint density at radius 2 is 1.47 bits per heavy atom. The highest BCUT2D eigenvalue weighted by Gasteiger charge is 2.85. The average Bonchev–Trinajstić information content (AvgIpc) is 3.22. The van der Waals surface area contributed by atoms with Gasteiger partial charge >= 0.3 is 4.83 Å². The average molecular weight is 475 g/mol. The minimum Gasteiger partial charge on any atom is -0.330 e. The van der Waals surface area contributed by atoms with Crippen molar-refractivity contribution < 1.29 is 23.2 Å². The topological polar surface area (TPSA) is 57.7 Å². The van der Waals surface area contributed by atoms with Crippen molar-refractivity contribution in [3.8, 4) is 11.1 Å². The van der Waals surface area contributed by atoms with Crippen LogP contribution in [0.5, 0.6) is 0 Å². The molecule has 2 heterocycles.